The van der Waals surface area contributed by atoms with Crippen LogP contribution in [-0.4, -0.2) is 64.1 Å². The van der Waals surface area contributed by atoms with E-state index in [1.165, 1.54) is 31.7 Å². The van der Waals surface area contributed by atoms with Gasteiger partial charge in [-0.3, -0.25) is 0 Å². The minimum atomic E-state index is -0.281. The maximum Gasteiger partial charge on any atom is 0.235 e. The molecule has 1 aromatic carbocycles. The maximum absolute atomic E-state index is 13.9. The van der Waals surface area contributed by atoms with Crippen LogP contribution >= 0.6 is 11.3 Å². The fourth-order valence-electron chi connectivity index (χ4n) is 3.92. The number of fused-ring (bicyclic) bond motifs is 1. The zero-order valence-corrected chi connectivity index (χ0v) is 16.0. The molecule has 9 heteroatoms. The Morgan fingerprint density at radius 1 is 1.30 bits per heavy atom. The first-order valence-corrected chi connectivity index (χ1v) is 9.98. The van der Waals surface area contributed by atoms with Crippen molar-refractivity contribution in [2.75, 3.05) is 39.3 Å². The first kappa shape index (κ1) is 18.3. The second-order valence-corrected chi connectivity index (χ2v) is 8.02. The Balaban J connectivity index is 1.72. The molecule has 0 saturated carbocycles. The molecule has 1 fully saturated rings. The van der Waals surface area contributed by atoms with Gasteiger partial charge in [-0.25, -0.2) is 9.37 Å². The van der Waals surface area contributed by atoms with E-state index in [4.69, 9.17) is 0 Å². The Kier molecular flexibility index (Phi) is 5.09. The Morgan fingerprint density at radius 3 is 2.74 bits per heavy atom. The van der Waals surface area contributed by atoms with E-state index >= 15 is 0 Å². The third-order valence-corrected chi connectivity index (χ3v) is 6.31. The molecule has 0 bridgehead atoms. The average molecular weight is 393 g/mol. The van der Waals surface area contributed by atoms with Gasteiger partial charge < -0.3 is 20.0 Å². The van der Waals surface area contributed by atoms with Gasteiger partial charge in [0.25, 0.3) is 0 Å². The van der Waals surface area contributed by atoms with Gasteiger partial charge in [-0.05, 0) is 19.1 Å². The van der Waals surface area contributed by atoms with Crippen LogP contribution < -0.4 is 9.80 Å². The average Bonchev–Trinajstić information content (AvgIpc) is 3.15. The minimum absolute atomic E-state index is 0.0856. The van der Waals surface area contributed by atoms with E-state index in [-0.39, 0.29) is 24.3 Å². The molecule has 3 heterocycles. The summed E-state index contributed by atoms with van der Waals surface area (Å²) in [5, 5.41) is 24.2. The van der Waals surface area contributed by atoms with Crippen LogP contribution in [0.5, 0.6) is 5.88 Å². The van der Waals surface area contributed by atoms with Gasteiger partial charge in [-0.2, -0.15) is 4.52 Å². The fraction of sp³-hybridized carbons (Fsp3) is 0.444. The number of quaternary nitrogens is 2. The van der Waals surface area contributed by atoms with Gasteiger partial charge in [0, 0.05) is 5.56 Å². The van der Waals surface area contributed by atoms with Gasteiger partial charge in [0.05, 0.1) is 6.61 Å². The van der Waals surface area contributed by atoms with Gasteiger partial charge in [-0.1, -0.05) is 23.5 Å². The number of aromatic hydroxyl groups is 1. The summed E-state index contributed by atoms with van der Waals surface area (Å²) in [7, 11) is 0. The van der Waals surface area contributed by atoms with Crippen LogP contribution in [0, 0.1) is 12.7 Å². The predicted molar refractivity (Wildman–Crippen MR) is 98.9 cm³/mol. The van der Waals surface area contributed by atoms with Crippen LogP contribution in [-0.2, 0) is 0 Å². The molecule has 3 aromatic rings. The molecular formula is C18H24FN5O2S+2. The second kappa shape index (κ2) is 7.51. The van der Waals surface area contributed by atoms with Crippen molar-refractivity contribution in [1.82, 2.24) is 14.6 Å². The number of hydrogen-bond acceptors (Lipinski definition) is 5. The number of aliphatic hydroxyl groups excluding tert-OH is 1. The third-order valence-electron chi connectivity index (χ3n) is 5.22. The number of nitrogens with one attached hydrogen (secondary N) is 2. The number of nitrogens with zero attached hydrogens (tertiary/aromatic N) is 3. The van der Waals surface area contributed by atoms with Crippen molar-refractivity contribution < 1.29 is 24.4 Å². The van der Waals surface area contributed by atoms with Crippen LogP contribution in [0.3, 0.4) is 0 Å². The van der Waals surface area contributed by atoms with Gasteiger partial charge in [0.2, 0.25) is 10.8 Å². The molecule has 4 rings (SSSR count). The summed E-state index contributed by atoms with van der Waals surface area (Å²) in [5.74, 6) is 0.415. The van der Waals surface area contributed by atoms with Gasteiger partial charge in [0.1, 0.15) is 49.2 Å². The normalized spacial score (nSPS) is 21.6. The van der Waals surface area contributed by atoms with Crippen LogP contribution in [0.4, 0.5) is 4.39 Å². The molecule has 0 amide bonds. The van der Waals surface area contributed by atoms with Crippen molar-refractivity contribution in [3.63, 3.8) is 0 Å². The zero-order chi connectivity index (χ0) is 19.0. The van der Waals surface area contributed by atoms with Crippen molar-refractivity contribution >= 4 is 16.3 Å². The monoisotopic (exact) mass is 393 g/mol. The molecule has 0 radical (unpaired) electrons. The van der Waals surface area contributed by atoms with E-state index in [1.807, 2.05) is 6.07 Å². The summed E-state index contributed by atoms with van der Waals surface area (Å²) in [4.78, 5) is 8.42. The molecule has 2 aromatic heterocycles. The van der Waals surface area contributed by atoms with Crippen molar-refractivity contribution in [2.24, 2.45) is 0 Å². The van der Waals surface area contributed by atoms with Crippen LogP contribution in [0.15, 0.2) is 24.3 Å². The number of piperazine rings is 1. The summed E-state index contributed by atoms with van der Waals surface area (Å²) in [6.45, 7) is 6.35. The van der Waals surface area contributed by atoms with Crippen molar-refractivity contribution in [3.8, 4) is 5.88 Å². The summed E-state index contributed by atoms with van der Waals surface area (Å²) < 4.78 is 15.4. The quantitative estimate of drug-likeness (QED) is 0.440. The highest BCUT2D eigenvalue weighted by Crippen LogP contribution is 2.35. The van der Waals surface area contributed by atoms with E-state index in [1.54, 1.807) is 19.1 Å². The number of benzene rings is 1. The van der Waals surface area contributed by atoms with Crippen molar-refractivity contribution in [2.45, 2.75) is 13.0 Å². The maximum atomic E-state index is 13.9. The summed E-state index contributed by atoms with van der Waals surface area (Å²) >= 11 is 1.41. The smallest absolute Gasteiger partial charge is 0.235 e. The first-order chi connectivity index (χ1) is 13.1. The largest absolute Gasteiger partial charge is 0.492 e. The van der Waals surface area contributed by atoms with Crippen LogP contribution in [0.25, 0.3) is 4.96 Å². The molecule has 1 atom stereocenters. The number of aromatic nitrogens is 3. The molecule has 1 aliphatic rings. The number of halogens is 1. The summed E-state index contributed by atoms with van der Waals surface area (Å²) in [6.07, 6.45) is 0. The molecular weight excluding hydrogens is 369 g/mol. The Bertz CT molecular complexity index is 935. The number of thiazole rings is 1. The molecule has 1 aliphatic heterocycles. The van der Waals surface area contributed by atoms with E-state index < -0.39 is 0 Å². The summed E-state index contributed by atoms with van der Waals surface area (Å²) in [5.41, 5.74) is 0.840. The van der Waals surface area contributed by atoms with E-state index in [2.05, 4.69) is 10.1 Å². The standard InChI is InChI=1S/C18H22FN5O2S/c1-12-20-18-24(21-12)17(26)16(27-18)15(13-3-2-4-14(19)11-13)23-7-5-22(6-8-23)9-10-25/h2-4,11,15,25-26H,5-10H2,1H3/p+2/t15-/m1/s1. The molecule has 1 saturated heterocycles. The predicted octanol–water partition coefficient (Wildman–Crippen LogP) is -1.19. The van der Waals surface area contributed by atoms with Gasteiger partial charge in [-0.15, -0.1) is 5.10 Å². The van der Waals surface area contributed by atoms with Gasteiger partial charge >= 0.3 is 0 Å². The van der Waals surface area contributed by atoms with E-state index in [0.717, 1.165) is 43.2 Å². The topological polar surface area (TPSA) is 79.5 Å². The molecule has 0 unspecified atom stereocenters. The van der Waals surface area contributed by atoms with Crippen molar-refractivity contribution in [3.05, 3.63) is 46.3 Å². The second-order valence-electron chi connectivity index (χ2n) is 7.01. The highest BCUT2D eigenvalue weighted by molar-refractivity contribution is 7.17. The fourth-order valence-corrected chi connectivity index (χ4v) is 5.10. The van der Waals surface area contributed by atoms with E-state index in [0.29, 0.717) is 10.8 Å². The molecule has 0 spiro atoms. The number of rotatable bonds is 5. The van der Waals surface area contributed by atoms with Crippen molar-refractivity contribution in [1.29, 1.82) is 0 Å². The highest BCUT2D eigenvalue weighted by Gasteiger charge is 2.36. The Hall–Kier alpha value is -2.07. The highest BCUT2D eigenvalue weighted by atomic mass is 32.1. The first-order valence-electron chi connectivity index (χ1n) is 9.16. The van der Waals surface area contributed by atoms with Crippen LogP contribution in [0.2, 0.25) is 0 Å². The molecule has 0 aliphatic carbocycles. The number of aliphatic hydroxyl groups is 1. The zero-order valence-electron chi connectivity index (χ0n) is 15.2. The van der Waals surface area contributed by atoms with Crippen LogP contribution in [0.1, 0.15) is 22.3 Å². The molecule has 144 valence electrons. The lowest BCUT2D eigenvalue weighted by Gasteiger charge is -2.34. The Labute approximate surface area is 160 Å². The third kappa shape index (κ3) is 3.55. The Morgan fingerprint density at radius 2 is 2.07 bits per heavy atom. The lowest BCUT2D eigenvalue weighted by atomic mass is 10.0. The lowest BCUT2D eigenvalue weighted by molar-refractivity contribution is -1.02. The molecule has 4 N–H and O–H groups in total. The van der Waals surface area contributed by atoms with Gasteiger partial charge in [0.15, 0.2) is 6.04 Å². The van der Waals surface area contributed by atoms with E-state index in [9.17, 15) is 14.6 Å². The SMILES string of the molecule is Cc1nc2sc([C@@H](c3cccc(F)c3)[NH+]3CC[NH+](CCO)CC3)c(O)n2n1. The number of hydrogen-bond donors (Lipinski definition) is 4. The molecule has 7 nitrogen and oxygen atoms in total. The molecule has 27 heavy (non-hydrogen) atoms. The summed E-state index contributed by atoms with van der Waals surface area (Å²) in [6, 6.07) is 6.43. The minimum Gasteiger partial charge on any atom is -0.492 e. The number of aryl methyl sites for hydroxylation is 1. The lowest BCUT2D eigenvalue weighted by Crippen LogP contribution is -3.28.